The highest BCUT2D eigenvalue weighted by Gasteiger charge is 2.35. The van der Waals surface area contributed by atoms with E-state index in [9.17, 15) is 4.79 Å². The molecule has 0 radical (unpaired) electrons. The van der Waals surface area contributed by atoms with E-state index in [2.05, 4.69) is 29.6 Å². The van der Waals surface area contributed by atoms with Gasteiger partial charge in [0.15, 0.2) is 0 Å². The molecule has 0 spiro atoms. The number of hydrogen-bond donors (Lipinski definition) is 2. The minimum absolute atomic E-state index is 0. The van der Waals surface area contributed by atoms with Crippen molar-refractivity contribution in [2.24, 2.45) is 0 Å². The fourth-order valence-corrected chi connectivity index (χ4v) is 2.52. The van der Waals surface area contributed by atoms with Gasteiger partial charge in [-0.25, -0.2) is 0 Å². The molecule has 0 aromatic carbocycles. The monoisotopic (exact) mass is 329 g/mol. The van der Waals surface area contributed by atoms with Gasteiger partial charge in [0.05, 0.1) is 13.2 Å². The summed E-state index contributed by atoms with van der Waals surface area (Å²) in [6.07, 6.45) is 4.88. The third kappa shape index (κ3) is 7.09. The number of carbonyl (C=O) groups excluding carboxylic acids is 1. The van der Waals surface area contributed by atoms with Crippen LogP contribution in [0.25, 0.3) is 0 Å². The van der Waals surface area contributed by atoms with Gasteiger partial charge in [-0.05, 0) is 26.9 Å². The molecule has 5 nitrogen and oxygen atoms in total. The van der Waals surface area contributed by atoms with Crippen LogP contribution in [0.2, 0.25) is 0 Å². The van der Waals surface area contributed by atoms with Crippen molar-refractivity contribution in [1.82, 2.24) is 15.5 Å². The summed E-state index contributed by atoms with van der Waals surface area (Å²) >= 11 is 0. The maximum Gasteiger partial charge on any atom is 0.234 e. The zero-order chi connectivity index (χ0) is 13.4. The summed E-state index contributed by atoms with van der Waals surface area (Å²) in [4.78, 5) is 14.0. The second kappa shape index (κ2) is 11.6. The molecule has 122 valence electrons. The summed E-state index contributed by atoms with van der Waals surface area (Å²) in [7, 11) is 5.87. The van der Waals surface area contributed by atoms with Crippen LogP contribution >= 0.6 is 24.8 Å². The molecule has 0 saturated heterocycles. The van der Waals surface area contributed by atoms with Gasteiger partial charge in [0.1, 0.15) is 0 Å². The van der Waals surface area contributed by atoms with Crippen LogP contribution < -0.4 is 10.6 Å². The number of rotatable bonds is 8. The lowest BCUT2D eigenvalue weighted by molar-refractivity contribution is -0.120. The average Bonchev–Trinajstić information content (AvgIpc) is 2.82. The molecule has 0 unspecified atom stereocenters. The van der Waals surface area contributed by atoms with Crippen LogP contribution in [0.3, 0.4) is 0 Å². The average molecular weight is 330 g/mol. The Bertz CT molecular complexity index is 260. The largest absolute Gasteiger partial charge is 0.383 e. The third-order valence-electron chi connectivity index (χ3n) is 3.87. The summed E-state index contributed by atoms with van der Waals surface area (Å²) in [5.41, 5.74) is 0.169. The molecule has 1 aliphatic carbocycles. The van der Waals surface area contributed by atoms with E-state index in [0.717, 1.165) is 6.54 Å². The highest BCUT2D eigenvalue weighted by molar-refractivity contribution is 5.85. The van der Waals surface area contributed by atoms with E-state index >= 15 is 0 Å². The van der Waals surface area contributed by atoms with Gasteiger partial charge in [-0.2, -0.15) is 0 Å². The number of hydrogen-bond acceptors (Lipinski definition) is 4. The van der Waals surface area contributed by atoms with E-state index in [4.69, 9.17) is 4.74 Å². The number of amides is 1. The van der Waals surface area contributed by atoms with Gasteiger partial charge in [0, 0.05) is 25.7 Å². The lowest BCUT2D eigenvalue weighted by Gasteiger charge is -2.36. The molecule has 0 aromatic heterocycles. The fourth-order valence-electron chi connectivity index (χ4n) is 2.52. The van der Waals surface area contributed by atoms with Gasteiger partial charge in [0.25, 0.3) is 0 Å². The van der Waals surface area contributed by atoms with E-state index in [0.29, 0.717) is 19.7 Å². The lowest BCUT2D eigenvalue weighted by Crippen LogP contribution is -2.52. The van der Waals surface area contributed by atoms with Gasteiger partial charge in [0.2, 0.25) is 5.91 Å². The van der Waals surface area contributed by atoms with Gasteiger partial charge >= 0.3 is 0 Å². The summed E-state index contributed by atoms with van der Waals surface area (Å²) < 4.78 is 4.91. The Kier molecular flexibility index (Phi) is 12.9. The molecule has 1 amide bonds. The van der Waals surface area contributed by atoms with E-state index in [1.165, 1.54) is 25.7 Å². The summed E-state index contributed by atoms with van der Waals surface area (Å²) in [6, 6.07) is 0. The highest BCUT2D eigenvalue weighted by Crippen LogP contribution is 2.32. The summed E-state index contributed by atoms with van der Waals surface area (Å²) in [5, 5.41) is 6.09. The molecular formula is C13H29Cl2N3O2. The summed E-state index contributed by atoms with van der Waals surface area (Å²) in [5.74, 6) is 0.0687. The molecule has 1 rings (SSSR count). The van der Waals surface area contributed by atoms with Crippen LogP contribution in [0.4, 0.5) is 0 Å². The van der Waals surface area contributed by atoms with Crippen LogP contribution in [0, 0.1) is 0 Å². The van der Waals surface area contributed by atoms with Crippen molar-refractivity contribution in [2.75, 3.05) is 47.4 Å². The molecule has 0 aliphatic heterocycles. The molecule has 7 heteroatoms. The Morgan fingerprint density at radius 2 is 1.85 bits per heavy atom. The quantitative estimate of drug-likeness (QED) is 0.654. The molecule has 0 atom stereocenters. The molecule has 1 aliphatic rings. The van der Waals surface area contributed by atoms with E-state index < -0.39 is 0 Å². The fraction of sp³-hybridized carbons (Fsp3) is 0.923. The van der Waals surface area contributed by atoms with Crippen LogP contribution in [-0.2, 0) is 9.53 Å². The van der Waals surface area contributed by atoms with Crippen molar-refractivity contribution in [2.45, 2.75) is 31.2 Å². The molecule has 20 heavy (non-hydrogen) atoms. The number of halogens is 2. The second-order valence-corrected chi connectivity index (χ2v) is 5.27. The predicted molar refractivity (Wildman–Crippen MR) is 87.1 cm³/mol. The Morgan fingerprint density at radius 3 is 2.35 bits per heavy atom. The van der Waals surface area contributed by atoms with E-state index in [1.54, 1.807) is 7.11 Å². The zero-order valence-electron chi connectivity index (χ0n) is 12.7. The van der Waals surface area contributed by atoms with Crippen molar-refractivity contribution in [3.05, 3.63) is 0 Å². The second-order valence-electron chi connectivity index (χ2n) is 5.27. The minimum Gasteiger partial charge on any atom is -0.383 e. The van der Waals surface area contributed by atoms with Crippen LogP contribution in [0.15, 0.2) is 0 Å². The number of carbonyl (C=O) groups is 1. The third-order valence-corrected chi connectivity index (χ3v) is 3.87. The number of nitrogens with one attached hydrogen (secondary N) is 2. The number of ether oxygens (including phenoxy) is 1. The number of likely N-dealkylation sites (N-methyl/N-ethyl adjacent to an activating group) is 1. The first-order valence-electron chi connectivity index (χ1n) is 6.74. The normalized spacial score (nSPS) is 16.4. The molecule has 0 bridgehead atoms. The Balaban J connectivity index is 0. The van der Waals surface area contributed by atoms with Gasteiger partial charge < -0.3 is 20.3 Å². The molecule has 1 fully saturated rings. The smallest absolute Gasteiger partial charge is 0.234 e. The Hall–Kier alpha value is -0.0700. The first kappa shape index (κ1) is 22.2. The zero-order valence-corrected chi connectivity index (χ0v) is 14.4. The van der Waals surface area contributed by atoms with Crippen molar-refractivity contribution >= 4 is 30.7 Å². The van der Waals surface area contributed by atoms with Crippen LogP contribution in [0.5, 0.6) is 0 Å². The maximum atomic E-state index is 11.7. The highest BCUT2D eigenvalue weighted by atomic mass is 35.5. The SMILES string of the molecule is COCCNCC(=O)NCC1(N(C)C)CCCC1.Cl.Cl. The maximum absolute atomic E-state index is 11.7. The predicted octanol–water partition coefficient (Wildman–Crippen LogP) is 1.06. The molecule has 1 saturated carbocycles. The number of methoxy groups -OCH3 is 1. The first-order valence-corrected chi connectivity index (χ1v) is 6.74. The molecular weight excluding hydrogens is 301 g/mol. The van der Waals surface area contributed by atoms with Crippen LogP contribution in [0.1, 0.15) is 25.7 Å². The molecule has 0 heterocycles. The van der Waals surface area contributed by atoms with Crippen molar-refractivity contribution < 1.29 is 9.53 Å². The van der Waals surface area contributed by atoms with Gasteiger partial charge in [-0.1, -0.05) is 12.8 Å². The topological polar surface area (TPSA) is 53.6 Å². The van der Waals surface area contributed by atoms with Crippen molar-refractivity contribution in [3.8, 4) is 0 Å². The number of nitrogens with zero attached hydrogens (tertiary/aromatic N) is 1. The van der Waals surface area contributed by atoms with Crippen LogP contribution in [-0.4, -0.2) is 63.8 Å². The van der Waals surface area contributed by atoms with Crippen molar-refractivity contribution in [3.63, 3.8) is 0 Å². The Morgan fingerprint density at radius 1 is 1.25 bits per heavy atom. The van der Waals surface area contributed by atoms with E-state index in [1.807, 2.05) is 0 Å². The van der Waals surface area contributed by atoms with Crippen molar-refractivity contribution in [1.29, 1.82) is 0 Å². The summed E-state index contributed by atoms with van der Waals surface area (Å²) in [6.45, 7) is 2.47. The lowest BCUT2D eigenvalue weighted by atomic mass is 9.96. The standard InChI is InChI=1S/C13H27N3O2.2ClH/c1-16(2)13(6-4-5-7-13)11-15-12(17)10-14-8-9-18-3;;/h14H,4-11H2,1-3H3,(H,15,17);2*1H. The van der Waals surface area contributed by atoms with Gasteiger partial charge in [-0.3, -0.25) is 4.79 Å². The minimum atomic E-state index is 0. The first-order chi connectivity index (χ1) is 8.60. The Labute approximate surface area is 135 Å². The molecule has 2 N–H and O–H groups in total. The molecule has 0 aromatic rings. The van der Waals surface area contributed by atoms with E-state index in [-0.39, 0.29) is 36.3 Å². The van der Waals surface area contributed by atoms with Gasteiger partial charge in [-0.15, -0.1) is 24.8 Å².